The molecule has 2 atom stereocenters. The second-order valence-electron chi connectivity index (χ2n) is 6.53. The average Bonchev–Trinajstić information content (AvgIpc) is 2.62. The van der Waals surface area contributed by atoms with Crippen molar-refractivity contribution in [1.29, 1.82) is 0 Å². The highest BCUT2D eigenvalue weighted by atomic mass is 16.5. The second kappa shape index (κ2) is 5.86. The summed E-state index contributed by atoms with van der Waals surface area (Å²) < 4.78 is 7.75. The Morgan fingerprint density at radius 2 is 2.10 bits per heavy atom. The summed E-state index contributed by atoms with van der Waals surface area (Å²) in [4.78, 5) is 0. The molecule has 0 aromatic carbocycles. The highest BCUT2D eigenvalue weighted by molar-refractivity contribution is 5.24. The van der Waals surface area contributed by atoms with E-state index >= 15 is 0 Å². The van der Waals surface area contributed by atoms with Crippen LogP contribution in [0.3, 0.4) is 0 Å². The maximum atomic E-state index is 5.78. The molecule has 1 fully saturated rings. The lowest BCUT2D eigenvalue weighted by Gasteiger charge is -2.52. The molecule has 0 radical (unpaired) electrons. The zero-order valence-corrected chi connectivity index (χ0v) is 13.8. The standard InChI is InChI=1S/C16H29N3O/c1-7-20-15-10-14(16(15,4)5)17-9-8-13-11(2)18-19(6)12(13)3/h14-15,17H,7-10H2,1-6H3/t14-,15+/m0/s1. The number of nitrogens with zero attached hydrogens (tertiary/aromatic N) is 2. The predicted molar refractivity (Wildman–Crippen MR) is 82.0 cm³/mol. The van der Waals surface area contributed by atoms with E-state index in [1.165, 1.54) is 11.3 Å². The van der Waals surface area contributed by atoms with Crippen molar-refractivity contribution in [2.24, 2.45) is 12.5 Å². The summed E-state index contributed by atoms with van der Waals surface area (Å²) in [6, 6.07) is 0.566. The summed E-state index contributed by atoms with van der Waals surface area (Å²) in [5.41, 5.74) is 4.07. The monoisotopic (exact) mass is 279 g/mol. The quantitative estimate of drug-likeness (QED) is 0.869. The van der Waals surface area contributed by atoms with E-state index in [2.05, 4.69) is 45.0 Å². The van der Waals surface area contributed by atoms with Crippen LogP contribution in [0.2, 0.25) is 0 Å². The Labute approximate surface area is 122 Å². The number of ether oxygens (including phenoxy) is 1. The van der Waals surface area contributed by atoms with Crippen molar-refractivity contribution in [2.75, 3.05) is 13.2 Å². The van der Waals surface area contributed by atoms with Crippen molar-refractivity contribution in [3.8, 4) is 0 Å². The van der Waals surface area contributed by atoms with Gasteiger partial charge in [0.25, 0.3) is 0 Å². The number of nitrogens with one attached hydrogen (secondary N) is 1. The Kier molecular flexibility index (Phi) is 4.55. The molecule has 0 unspecified atom stereocenters. The molecular formula is C16H29N3O. The van der Waals surface area contributed by atoms with Crippen LogP contribution in [0.1, 0.15) is 44.1 Å². The summed E-state index contributed by atoms with van der Waals surface area (Å²) >= 11 is 0. The first-order chi connectivity index (χ1) is 9.37. The fourth-order valence-corrected chi connectivity index (χ4v) is 3.27. The summed E-state index contributed by atoms with van der Waals surface area (Å²) in [6.07, 6.45) is 2.59. The first kappa shape index (κ1) is 15.5. The van der Waals surface area contributed by atoms with Gasteiger partial charge < -0.3 is 10.1 Å². The molecule has 1 aliphatic rings. The van der Waals surface area contributed by atoms with E-state index in [0.29, 0.717) is 12.1 Å². The van der Waals surface area contributed by atoms with Gasteiger partial charge in [-0.25, -0.2) is 0 Å². The van der Waals surface area contributed by atoms with Gasteiger partial charge >= 0.3 is 0 Å². The zero-order chi connectivity index (χ0) is 14.9. The van der Waals surface area contributed by atoms with Crippen molar-refractivity contribution in [3.05, 3.63) is 17.0 Å². The van der Waals surface area contributed by atoms with E-state index in [1.54, 1.807) is 0 Å². The third-order valence-electron chi connectivity index (χ3n) is 4.97. The van der Waals surface area contributed by atoms with Crippen molar-refractivity contribution in [3.63, 3.8) is 0 Å². The first-order valence-corrected chi connectivity index (χ1v) is 7.72. The average molecular weight is 279 g/mol. The molecule has 4 heteroatoms. The van der Waals surface area contributed by atoms with E-state index in [0.717, 1.165) is 31.7 Å². The van der Waals surface area contributed by atoms with Crippen LogP contribution in [0.4, 0.5) is 0 Å². The Bertz CT molecular complexity index is 465. The lowest BCUT2D eigenvalue weighted by atomic mass is 9.64. The SMILES string of the molecule is CCO[C@@H]1C[C@H](NCCc2c(C)nn(C)c2C)C1(C)C. The van der Waals surface area contributed by atoms with Crippen LogP contribution in [0.15, 0.2) is 0 Å². The van der Waals surface area contributed by atoms with Crippen LogP contribution in [0.5, 0.6) is 0 Å². The minimum atomic E-state index is 0.245. The van der Waals surface area contributed by atoms with Crippen molar-refractivity contribution < 1.29 is 4.74 Å². The van der Waals surface area contributed by atoms with Crippen LogP contribution < -0.4 is 5.32 Å². The highest BCUT2D eigenvalue weighted by Crippen LogP contribution is 2.42. The maximum Gasteiger partial charge on any atom is 0.0655 e. The Hall–Kier alpha value is -0.870. The minimum absolute atomic E-state index is 0.245. The van der Waals surface area contributed by atoms with E-state index < -0.39 is 0 Å². The molecule has 0 amide bonds. The second-order valence-corrected chi connectivity index (χ2v) is 6.53. The molecule has 1 aromatic heterocycles. The van der Waals surface area contributed by atoms with E-state index in [1.807, 2.05) is 11.7 Å². The van der Waals surface area contributed by atoms with Gasteiger partial charge in [-0.3, -0.25) is 4.68 Å². The van der Waals surface area contributed by atoms with Gasteiger partial charge in [0.05, 0.1) is 11.8 Å². The summed E-state index contributed by atoms with van der Waals surface area (Å²) in [5, 5.41) is 8.17. The van der Waals surface area contributed by atoms with Crippen molar-refractivity contribution >= 4 is 0 Å². The lowest BCUT2D eigenvalue weighted by molar-refractivity contribution is -0.113. The highest BCUT2D eigenvalue weighted by Gasteiger charge is 2.48. The van der Waals surface area contributed by atoms with E-state index in [4.69, 9.17) is 4.74 Å². The molecule has 1 aromatic rings. The number of hydrogen-bond acceptors (Lipinski definition) is 3. The minimum Gasteiger partial charge on any atom is -0.378 e. The first-order valence-electron chi connectivity index (χ1n) is 7.72. The molecule has 0 bridgehead atoms. The molecule has 20 heavy (non-hydrogen) atoms. The van der Waals surface area contributed by atoms with E-state index in [-0.39, 0.29) is 5.41 Å². The topological polar surface area (TPSA) is 39.1 Å². The Morgan fingerprint density at radius 1 is 1.40 bits per heavy atom. The summed E-state index contributed by atoms with van der Waals surface area (Å²) in [7, 11) is 2.01. The molecule has 0 spiro atoms. The van der Waals surface area contributed by atoms with Gasteiger partial charge in [0, 0.05) is 30.8 Å². The van der Waals surface area contributed by atoms with Crippen LogP contribution >= 0.6 is 0 Å². The number of hydrogen-bond donors (Lipinski definition) is 1. The fraction of sp³-hybridized carbons (Fsp3) is 0.812. The predicted octanol–water partition coefficient (Wildman–Crippen LogP) is 2.37. The van der Waals surface area contributed by atoms with Crippen molar-refractivity contribution in [1.82, 2.24) is 15.1 Å². The molecule has 1 saturated carbocycles. The molecule has 114 valence electrons. The maximum absolute atomic E-state index is 5.78. The third kappa shape index (κ3) is 2.77. The molecule has 0 saturated heterocycles. The number of rotatable bonds is 6. The third-order valence-corrected chi connectivity index (χ3v) is 4.97. The largest absolute Gasteiger partial charge is 0.378 e. The van der Waals surface area contributed by atoms with Crippen molar-refractivity contribution in [2.45, 2.75) is 59.6 Å². The van der Waals surface area contributed by atoms with Gasteiger partial charge in [0.15, 0.2) is 0 Å². The van der Waals surface area contributed by atoms with Gasteiger partial charge in [0.1, 0.15) is 0 Å². The Balaban J connectivity index is 1.83. The molecular weight excluding hydrogens is 250 g/mol. The zero-order valence-electron chi connectivity index (χ0n) is 13.8. The fourth-order valence-electron chi connectivity index (χ4n) is 3.27. The van der Waals surface area contributed by atoms with Crippen LogP contribution in [-0.2, 0) is 18.2 Å². The van der Waals surface area contributed by atoms with Gasteiger partial charge in [0.2, 0.25) is 0 Å². The molecule has 2 rings (SSSR count). The molecule has 1 aliphatic carbocycles. The molecule has 1 N–H and O–H groups in total. The van der Waals surface area contributed by atoms with Gasteiger partial charge in [-0.05, 0) is 45.7 Å². The molecule has 4 nitrogen and oxygen atoms in total. The van der Waals surface area contributed by atoms with Gasteiger partial charge in [-0.15, -0.1) is 0 Å². The normalized spacial score (nSPS) is 24.7. The van der Waals surface area contributed by atoms with Crippen LogP contribution in [0.25, 0.3) is 0 Å². The number of aryl methyl sites for hydroxylation is 2. The van der Waals surface area contributed by atoms with E-state index in [9.17, 15) is 0 Å². The van der Waals surface area contributed by atoms with Crippen LogP contribution in [0, 0.1) is 19.3 Å². The summed E-state index contributed by atoms with van der Waals surface area (Å²) in [5.74, 6) is 0. The van der Waals surface area contributed by atoms with Crippen LogP contribution in [-0.4, -0.2) is 35.1 Å². The molecule has 1 heterocycles. The van der Waals surface area contributed by atoms with Gasteiger partial charge in [-0.1, -0.05) is 13.8 Å². The number of aromatic nitrogens is 2. The smallest absolute Gasteiger partial charge is 0.0655 e. The Morgan fingerprint density at radius 3 is 2.60 bits per heavy atom. The lowest BCUT2D eigenvalue weighted by Crippen LogP contribution is -2.61. The summed E-state index contributed by atoms with van der Waals surface area (Å²) in [6.45, 7) is 12.7. The van der Waals surface area contributed by atoms with Gasteiger partial charge in [-0.2, -0.15) is 5.10 Å². The molecule has 0 aliphatic heterocycles.